The Morgan fingerprint density at radius 1 is 1.29 bits per heavy atom. The number of thiophene rings is 1. The van der Waals surface area contributed by atoms with Gasteiger partial charge in [-0.25, -0.2) is 13.1 Å². The minimum Gasteiger partial charge on any atom is -0.388 e. The Bertz CT molecular complexity index is 681. The summed E-state index contributed by atoms with van der Waals surface area (Å²) in [5.74, 6) is 0. The van der Waals surface area contributed by atoms with Crippen LogP contribution in [0.25, 0.3) is 0 Å². The molecule has 2 N–H and O–H groups in total. The molecule has 114 valence electrons. The van der Waals surface area contributed by atoms with Crippen molar-refractivity contribution in [3.63, 3.8) is 0 Å². The van der Waals surface area contributed by atoms with Crippen molar-refractivity contribution in [3.8, 4) is 0 Å². The fourth-order valence-electron chi connectivity index (χ4n) is 2.01. The van der Waals surface area contributed by atoms with Crippen molar-refractivity contribution >= 4 is 21.4 Å². The van der Waals surface area contributed by atoms with Gasteiger partial charge >= 0.3 is 0 Å². The molecule has 2 atom stereocenters. The molecule has 0 amide bonds. The monoisotopic (exact) mass is 325 g/mol. The van der Waals surface area contributed by atoms with Crippen LogP contribution < -0.4 is 4.72 Å². The summed E-state index contributed by atoms with van der Waals surface area (Å²) in [6.45, 7) is 3.66. The van der Waals surface area contributed by atoms with Crippen LogP contribution in [0.4, 0.5) is 0 Å². The lowest BCUT2D eigenvalue weighted by molar-refractivity contribution is 0.173. The molecule has 1 heterocycles. The molecule has 2 aromatic rings. The first-order valence-electron chi connectivity index (χ1n) is 6.76. The molecule has 4 nitrogen and oxygen atoms in total. The molecule has 2 unspecified atom stereocenters. The zero-order chi connectivity index (χ0) is 15.5. The molecule has 0 spiro atoms. The van der Waals surface area contributed by atoms with Gasteiger partial charge in [0.25, 0.3) is 0 Å². The summed E-state index contributed by atoms with van der Waals surface area (Å²) in [6.07, 6.45) is -0.100. The molecule has 0 saturated carbocycles. The maximum atomic E-state index is 12.4. The van der Waals surface area contributed by atoms with Gasteiger partial charge in [0.15, 0.2) is 0 Å². The van der Waals surface area contributed by atoms with Gasteiger partial charge in [-0.05, 0) is 53.4 Å². The van der Waals surface area contributed by atoms with Gasteiger partial charge in [-0.2, -0.15) is 11.3 Å². The molecular formula is C15H19NO3S2. The lowest BCUT2D eigenvalue weighted by atomic mass is 10.1. The van der Waals surface area contributed by atoms with E-state index in [4.69, 9.17) is 0 Å². The number of aliphatic hydroxyl groups excluding tert-OH is 1. The highest BCUT2D eigenvalue weighted by Gasteiger charge is 2.19. The summed E-state index contributed by atoms with van der Waals surface area (Å²) in [6, 6.07) is 8.05. The summed E-state index contributed by atoms with van der Waals surface area (Å²) in [4.78, 5) is 0.176. The number of rotatable bonds is 6. The normalized spacial score (nSPS) is 14.8. The van der Waals surface area contributed by atoms with Gasteiger partial charge < -0.3 is 5.11 Å². The van der Waals surface area contributed by atoms with Crippen molar-refractivity contribution in [2.45, 2.75) is 37.3 Å². The molecule has 0 aliphatic carbocycles. The molecule has 0 fully saturated rings. The van der Waals surface area contributed by atoms with Crippen LogP contribution in [0.5, 0.6) is 0 Å². The van der Waals surface area contributed by atoms with Gasteiger partial charge in [-0.1, -0.05) is 19.1 Å². The maximum absolute atomic E-state index is 12.4. The van der Waals surface area contributed by atoms with Crippen LogP contribution in [0.2, 0.25) is 0 Å². The van der Waals surface area contributed by atoms with Crippen molar-refractivity contribution in [2.75, 3.05) is 0 Å². The highest BCUT2D eigenvalue weighted by molar-refractivity contribution is 7.89. The highest BCUT2D eigenvalue weighted by atomic mass is 32.2. The molecule has 0 radical (unpaired) electrons. The fraction of sp³-hybridized carbons (Fsp3) is 0.333. The molecule has 0 aliphatic heterocycles. The van der Waals surface area contributed by atoms with Gasteiger partial charge in [0.05, 0.1) is 11.0 Å². The van der Waals surface area contributed by atoms with E-state index in [9.17, 15) is 13.5 Å². The first-order chi connectivity index (χ1) is 9.94. The molecule has 0 aliphatic rings. The zero-order valence-corrected chi connectivity index (χ0v) is 13.6. The van der Waals surface area contributed by atoms with E-state index in [0.29, 0.717) is 12.0 Å². The second-order valence-corrected chi connectivity index (χ2v) is 7.39. The molecule has 0 saturated heterocycles. The van der Waals surface area contributed by atoms with Crippen molar-refractivity contribution in [3.05, 3.63) is 52.2 Å². The van der Waals surface area contributed by atoms with E-state index < -0.39 is 16.1 Å². The predicted octanol–water partition coefficient (Wildman–Crippen LogP) is 3.23. The minimum atomic E-state index is -3.61. The maximum Gasteiger partial charge on any atom is 0.241 e. The van der Waals surface area contributed by atoms with Crippen LogP contribution in [0.3, 0.4) is 0 Å². The molecule has 2 rings (SSSR count). The third-order valence-corrected chi connectivity index (χ3v) is 5.55. The number of benzene rings is 1. The van der Waals surface area contributed by atoms with Crippen LogP contribution in [0.1, 0.15) is 43.5 Å². The molecule has 21 heavy (non-hydrogen) atoms. The summed E-state index contributed by atoms with van der Waals surface area (Å²) >= 11 is 1.53. The third-order valence-electron chi connectivity index (χ3n) is 3.31. The van der Waals surface area contributed by atoms with Crippen LogP contribution >= 0.6 is 11.3 Å². The fourth-order valence-corrected chi connectivity index (χ4v) is 4.06. The number of hydrogen-bond donors (Lipinski definition) is 2. The van der Waals surface area contributed by atoms with Crippen LogP contribution in [0.15, 0.2) is 46.0 Å². The number of sulfonamides is 1. The van der Waals surface area contributed by atoms with Crippen LogP contribution in [-0.4, -0.2) is 13.5 Å². The van der Waals surface area contributed by atoms with E-state index >= 15 is 0 Å². The Morgan fingerprint density at radius 3 is 2.67 bits per heavy atom. The Hall–Kier alpha value is -1.21. The second-order valence-electron chi connectivity index (χ2n) is 4.90. The summed E-state index contributed by atoms with van der Waals surface area (Å²) in [5, 5.41) is 13.7. The van der Waals surface area contributed by atoms with Crippen LogP contribution in [-0.2, 0) is 10.0 Å². The standard InChI is InChI=1S/C15H19NO3S2/c1-3-15(17)12-5-4-6-14(9-12)21(18,19)16-11(2)13-7-8-20-10-13/h4-11,15-17H,3H2,1-2H3. The SMILES string of the molecule is CCC(O)c1cccc(S(=O)(=O)NC(C)c2ccsc2)c1. The minimum absolute atomic E-state index is 0.176. The Kier molecular flexibility index (Phi) is 5.16. The van der Waals surface area contributed by atoms with Crippen LogP contribution in [0, 0.1) is 0 Å². The van der Waals surface area contributed by atoms with E-state index in [-0.39, 0.29) is 10.9 Å². The quantitative estimate of drug-likeness (QED) is 0.857. The average molecular weight is 325 g/mol. The summed E-state index contributed by atoms with van der Waals surface area (Å²) in [7, 11) is -3.61. The number of nitrogens with one attached hydrogen (secondary N) is 1. The topological polar surface area (TPSA) is 66.4 Å². The van der Waals surface area contributed by atoms with Gasteiger partial charge in [-0.3, -0.25) is 0 Å². The Morgan fingerprint density at radius 2 is 2.05 bits per heavy atom. The van der Waals surface area contributed by atoms with E-state index in [1.54, 1.807) is 12.1 Å². The van der Waals surface area contributed by atoms with E-state index in [2.05, 4.69) is 4.72 Å². The lowest BCUT2D eigenvalue weighted by Crippen LogP contribution is -2.26. The molecule has 1 aromatic carbocycles. The van der Waals surface area contributed by atoms with Crippen molar-refractivity contribution in [2.24, 2.45) is 0 Å². The first kappa shape index (κ1) is 16.2. The average Bonchev–Trinajstić information content (AvgIpc) is 3.00. The Balaban J connectivity index is 2.23. The number of aliphatic hydroxyl groups is 1. The Labute approximate surface area is 129 Å². The van der Waals surface area contributed by atoms with Gasteiger partial charge in [-0.15, -0.1) is 0 Å². The smallest absolute Gasteiger partial charge is 0.241 e. The van der Waals surface area contributed by atoms with Crippen molar-refractivity contribution in [1.29, 1.82) is 0 Å². The third kappa shape index (κ3) is 3.91. The highest BCUT2D eigenvalue weighted by Crippen LogP contribution is 2.22. The zero-order valence-electron chi connectivity index (χ0n) is 12.0. The van der Waals surface area contributed by atoms with Gasteiger partial charge in [0.2, 0.25) is 10.0 Å². The van der Waals surface area contributed by atoms with Crippen molar-refractivity contribution < 1.29 is 13.5 Å². The largest absolute Gasteiger partial charge is 0.388 e. The second kappa shape index (κ2) is 6.70. The molecular weight excluding hydrogens is 306 g/mol. The van der Waals surface area contributed by atoms with Gasteiger partial charge in [0.1, 0.15) is 0 Å². The van der Waals surface area contributed by atoms with E-state index in [1.165, 1.54) is 23.5 Å². The van der Waals surface area contributed by atoms with Gasteiger partial charge in [0, 0.05) is 6.04 Å². The lowest BCUT2D eigenvalue weighted by Gasteiger charge is -2.15. The molecule has 6 heteroatoms. The molecule has 0 bridgehead atoms. The summed E-state index contributed by atoms with van der Waals surface area (Å²) < 4.78 is 27.5. The first-order valence-corrected chi connectivity index (χ1v) is 9.19. The van der Waals surface area contributed by atoms with E-state index in [1.807, 2.05) is 30.7 Å². The predicted molar refractivity (Wildman–Crippen MR) is 84.7 cm³/mol. The van der Waals surface area contributed by atoms with E-state index in [0.717, 1.165) is 5.56 Å². The molecule has 1 aromatic heterocycles. The number of hydrogen-bond acceptors (Lipinski definition) is 4. The summed E-state index contributed by atoms with van der Waals surface area (Å²) in [5.41, 5.74) is 1.55. The van der Waals surface area contributed by atoms with Crippen molar-refractivity contribution in [1.82, 2.24) is 4.72 Å².